The standard InChI is InChI=1S/C14H20BrNO2/c1-2-9-18-10-3-8-16-14(17)13-6-4-12(11-15)5-7-13/h4-7H,2-3,8-11H2,1H3,(H,16,17). The molecule has 0 spiro atoms. The van der Waals surface area contributed by atoms with Gasteiger partial charge in [-0.1, -0.05) is 35.0 Å². The average molecular weight is 314 g/mol. The second-order valence-corrected chi connectivity index (χ2v) is 4.61. The third-order valence-electron chi connectivity index (χ3n) is 2.47. The van der Waals surface area contributed by atoms with Gasteiger partial charge < -0.3 is 10.1 Å². The van der Waals surface area contributed by atoms with Gasteiger partial charge in [0.2, 0.25) is 0 Å². The first-order valence-corrected chi connectivity index (χ1v) is 7.41. The third kappa shape index (κ3) is 5.65. The lowest BCUT2D eigenvalue weighted by molar-refractivity contribution is 0.0941. The van der Waals surface area contributed by atoms with Gasteiger partial charge in [-0.3, -0.25) is 4.79 Å². The van der Waals surface area contributed by atoms with Gasteiger partial charge in [-0.05, 0) is 30.5 Å². The van der Waals surface area contributed by atoms with Gasteiger partial charge in [0.25, 0.3) is 5.91 Å². The lowest BCUT2D eigenvalue weighted by Gasteiger charge is -2.06. The zero-order chi connectivity index (χ0) is 13.2. The molecule has 0 radical (unpaired) electrons. The quantitative estimate of drug-likeness (QED) is 0.591. The van der Waals surface area contributed by atoms with Gasteiger partial charge in [0.15, 0.2) is 0 Å². The van der Waals surface area contributed by atoms with E-state index in [1.54, 1.807) is 0 Å². The normalized spacial score (nSPS) is 10.3. The Morgan fingerprint density at radius 1 is 1.28 bits per heavy atom. The molecule has 1 rings (SSSR count). The zero-order valence-corrected chi connectivity index (χ0v) is 12.3. The molecule has 1 aromatic rings. The van der Waals surface area contributed by atoms with E-state index in [1.165, 1.54) is 5.56 Å². The maximum atomic E-state index is 11.8. The number of benzene rings is 1. The molecule has 0 atom stereocenters. The molecule has 0 fully saturated rings. The highest BCUT2D eigenvalue weighted by atomic mass is 79.9. The Hall–Kier alpha value is -0.870. The lowest BCUT2D eigenvalue weighted by atomic mass is 10.1. The van der Waals surface area contributed by atoms with E-state index in [2.05, 4.69) is 28.2 Å². The number of ether oxygens (including phenoxy) is 1. The molecule has 4 heteroatoms. The molecule has 3 nitrogen and oxygen atoms in total. The van der Waals surface area contributed by atoms with Crippen molar-refractivity contribution in [2.24, 2.45) is 0 Å². The predicted molar refractivity (Wildman–Crippen MR) is 77.1 cm³/mol. The van der Waals surface area contributed by atoms with Crippen LogP contribution in [0.3, 0.4) is 0 Å². The number of hydrogen-bond acceptors (Lipinski definition) is 2. The summed E-state index contributed by atoms with van der Waals surface area (Å²) >= 11 is 3.38. The molecule has 1 N–H and O–H groups in total. The van der Waals surface area contributed by atoms with Gasteiger partial charge in [-0.25, -0.2) is 0 Å². The van der Waals surface area contributed by atoms with Gasteiger partial charge in [-0.2, -0.15) is 0 Å². The Bertz CT molecular complexity index is 351. The van der Waals surface area contributed by atoms with Crippen LogP contribution in [0.25, 0.3) is 0 Å². The fourth-order valence-corrected chi connectivity index (χ4v) is 1.84. The van der Waals surface area contributed by atoms with Gasteiger partial charge in [-0.15, -0.1) is 0 Å². The van der Waals surface area contributed by atoms with E-state index >= 15 is 0 Å². The Morgan fingerprint density at radius 2 is 2.00 bits per heavy atom. The van der Waals surface area contributed by atoms with Crippen LogP contribution in [0.5, 0.6) is 0 Å². The number of alkyl halides is 1. The van der Waals surface area contributed by atoms with Crippen molar-refractivity contribution in [1.29, 1.82) is 0 Å². The van der Waals surface area contributed by atoms with Crippen molar-refractivity contribution < 1.29 is 9.53 Å². The van der Waals surface area contributed by atoms with Crippen LogP contribution in [0.15, 0.2) is 24.3 Å². The monoisotopic (exact) mass is 313 g/mol. The Kier molecular flexibility index (Phi) is 7.69. The smallest absolute Gasteiger partial charge is 0.251 e. The maximum absolute atomic E-state index is 11.8. The Morgan fingerprint density at radius 3 is 2.61 bits per heavy atom. The number of carbonyl (C=O) groups is 1. The lowest BCUT2D eigenvalue weighted by Crippen LogP contribution is -2.25. The molecular formula is C14H20BrNO2. The van der Waals surface area contributed by atoms with E-state index in [9.17, 15) is 4.79 Å². The van der Waals surface area contributed by atoms with Crippen LogP contribution in [-0.2, 0) is 10.1 Å². The zero-order valence-electron chi connectivity index (χ0n) is 10.7. The highest BCUT2D eigenvalue weighted by molar-refractivity contribution is 9.08. The number of halogens is 1. The van der Waals surface area contributed by atoms with E-state index in [1.807, 2.05) is 24.3 Å². The molecule has 1 aromatic carbocycles. The maximum Gasteiger partial charge on any atom is 0.251 e. The van der Waals surface area contributed by atoms with Crippen molar-refractivity contribution in [1.82, 2.24) is 5.32 Å². The first-order chi connectivity index (χ1) is 8.77. The average Bonchev–Trinajstić information content (AvgIpc) is 2.42. The van der Waals surface area contributed by atoms with E-state index in [0.717, 1.165) is 24.8 Å². The van der Waals surface area contributed by atoms with Gasteiger partial charge in [0.05, 0.1) is 0 Å². The highest BCUT2D eigenvalue weighted by Crippen LogP contribution is 2.07. The highest BCUT2D eigenvalue weighted by Gasteiger charge is 2.03. The molecular weight excluding hydrogens is 294 g/mol. The number of nitrogens with one attached hydrogen (secondary N) is 1. The van der Waals surface area contributed by atoms with Crippen LogP contribution in [-0.4, -0.2) is 25.7 Å². The third-order valence-corrected chi connectivity index (χ3v) is 3.12. The first-order valence-electron chi connectivity index (χ1n) is 6.28. The molecule has 1 amide bonds. The molecule has 0 aliphatic carbocycles. The number of carbonyl (C=O) groups excluding carboxylic acids is 1. The van der Waals surface area contributed by atoms with Crippen molar-refractivity contribution in [2.45, 2.75) is 25.1 Å². The second kappa shape index (κ2) is 9.11. The molecule has 0 bridgehead atoms. The minimum Gasteiger partial charge on any atom is -0.381 e. The summed E-state index contributed by atoms with van der Waals surface area (Å²) in [5, 5.41) is 3.69. The molecule has 0 aliphatic heterocycles. The molecule has 0 aliphatic rings. The summed E-state index contributed by atoms with van der Waals surface area (Å²) in [6.45, 7) is 4.24. The van der Waals surface area contributed by atoms with Gasteiger partial charge in [0.1, 0.15) is 0 Å². The largest absolute Gasteiger partial charge is 0.381 e. The summed E-state index contributed by atoms with van der Waals surface area (Å²) in [7, 11) is 0. The fraction of sp³-hybridized carbons (Fsp3) is 0.500. The van der Waals surface area contributed by atoms with Crippen molar-refractivity contribution >= 4 is 21.8 Å². The SMILES string of the molecule is CCCOCCCNC(=O)c1ccc(CBr)cc1. The summed E-state index contributed by atoms with van der Waals surface area (Å²) < 4.78 is 5.34. The van der Waals surface area contributed by atoms with Crippen molar-refractivity contribution in [3.05, 3.63) is 35.4 Å². The van der Waals surface area contributed by atoms with E-state index in [-0.39, 0.29) is 5.91 Å². The summed E-state index contributed by atoms with van der Waals surface area (Å²) in [6, 6.07) is 7.60. The molecule has 0 unspecified atom stereocenters. The van der Waals surface area contributed by atoms with E-state index in [4.69, 9.17) is 4.74 Å². The molecule has 0 heterocycles. The topological polar surface area (TPSA) is 38.3 Å². The van der Waals surface area contributed by atoms with Crippen LogP contribution in [0.4, 0.5) is 0 Å². The van der Waals surface area contributed by atoms with Crippen LogP contribution in [0.1, 0.15) is 35.7 Å². The van der Waals surface area contributed by atoms with E-state index in [0.29, 0.717) is 18.7 Å². The van der Waals surface area contributed by atoms with Gasteiger partial charge >= 0.3 is 0 Å². The molecule has 0 aromatic heterocycles. The minimum absolute atomic E-state index is 0.0217. The molecule has 100 valence electrons. The number of amides is 1. The summed E-state index contributed by atoms with van der Waals surface area (Å²) in [4.78, 5) is 11.8. The second-order valence-electron chi connectivity index (χ2n) is 4.05. The molecule has 18 heavy (non-hydrogen) atoms. The van der Waals surface area contributed by atoms with Crippen LogP contribution in [0.2, 0.25) is 0 Å². The summed E-state index contributed by atoms with van der Waals surface area (Å²) in [5.41, 5.74) is 1.87. The fourth-order valence-electron chi connectivity index (χ4n) is 1.47. The minimum atomic E-state index is -0.0217. The summed E-state index contributed by atoms with van der Waals surface area (Å²) in [5.74, 6) is -0.0217. The number of hydrogen-bond donors (Lipinski definition) is 1. The first kappa shape index (κ1) is 15.2. The number of rotatable bonds is 8. The van der Waals surface area contributed by atoms with Crippen molar-refractivity contribution in [3.8, 4) is 0 Å². The van der Waals surface area contributed by atoms with Crippen LogP contribution < -0.4 is 5.32 Å². The van der Waals surface area contributed by atoms with Crippen LogP contribution in [0, 0.1) is 0 Å². The molecule has 0 saturated heterocycles. The summed E-state index contributed by atoms with van der Waals surface area (Å²) in [6.07, 6.45) is 1.89. The van der Waals surface area contributed by atoms with Crippen LogP contribution >= 0.6 is 15.9 Å². The molecule has 0 saturated carbocycles. The van der Waals surface area contributed by atoms with Gasteiger partial charge in [0, 0.05) is 30.7 Å². The van der Waals surface area contributed by atoms with E-state index < -0.39 is 0 Å². The Labute approximate surface area is 117 Å². The van der Waals surface area contributed by atoms with Crippen molar-refractivity contribution in [3.63, 3.8) is 0 Å². The predicted octanol–water partition coefficient (Wildman–Crippen LogP) is 3.13. The van der Waals surface area contributed by atoms with Crippen molar-refractivity contribution in [2.75, 3.05) is 19.8 Å². The Balaban J connectivity index is 2.23.